The number of nitrogens with one attached hydrogen (secondary N) is 2. The molecular weight excluding hydrogens is 322 g/mol. The van der Waals surface area contributed by atoms with Gasteiger partial charge in [-0.2, -0.15) is 5.10 Å². The Labute approximate surface area is 145 Å². The number of rotatable bonds is 6. The number of phenolic OH excluding ortho intramolecular Hbond substituents is 1. The maximum absolute atomic E-state index is 11.8. The predicted molar refractivity (Wildman–Crippen MR) is 94.7 cm³/mol. The molecule has 0 saturated heterocycles. The summed E-state index contributed by atoms with van der Waals surface area (Å²) in [4.78, 5) is 23.5. The molecule has 2 amide bonds. The number of hydrazone groups is 1. The van der Waals surface area contributed by atoms with E-state index in [2.05, 4.69) is 15.8 Å². The molecule has 7 nitrogen and oxygen atoms in total. The molecule has 25 heavy (non-hydrogen) atoms. The number of anilines is 1. The SMILES string of the molecule is CCCOc1ccc(NC(=O)C(=O)N/N=C/c2ccc(O)cc2)cc1. The van der Waals surface area contributed by atoms with Gasteiger partial charge in [0.15, 0.2) is 0 Å². The lowest BCUT2D eigenvalue weighted by Crippen LogP contribution is -2.32. The van der Waals surface area contributed by atoms with Crippen molar-refractivity contribution in [3.63, 3.8) is 0 Å². The van der Waals surface area contributed by atoms with Crippen LogP contribution in [0.1, 0.15) is 18.9 Å². The van der Waals surface area contributed by atoms with Gasteiger partial charge in [0.2, 0.25) is 0 Å². The first kappa shape index (κ1) is 18.0. The van der Waals surface area contributed by atoms with Crippen LogP contribution in [0.4, 0.5) is 5.69 Å². The van der Waals surface area contributed by atoms with Crippen LogP contribution in [-0.4, -0.2) is 29.7 Å². The fourth-order valence-corrected chi connectivity index (χ4v) is 1.82. The van der Waals surface area contributed by atoms with Crippen LogP contribution in [0.5, 0.6) is 11.5 Å². The van der Waals surface area contributed by atoms with Crippen molar-refractivity contribution < 1.29 is 19.4 Å². The molecule has 0 bridgehead atoms. The summed E-state index contributed by atoms with van der Waals surface area (Å²) in [7, 11) is 0. The molecule has 0 fully saturated rings. The van der Waals surface area contributed by atoms with Crippen LogP contribution in [0.2, 0.25) is 0 Å². The minimum absolute atomic E-state index is 0.131. The van der Waals surface area contributed by atoms with Crippen molar-refractivity contribution in [2.24, 2.45) is 5.10 Å². The summed E-state index contributed by atoms with van der Waals surface area (Å²) >= 11 is 0. The van der Waals surface area contributed by atoms with Gasteiger partial charge in [0.1, 0.15) is 11.5 Å². The summed E-state index contributed by atoms with van der Waals surface area (Å²) in [6.07, 6.45) is 2.27. The summed E-state index contributed by atoms with van der Waals surface area (Å²) in [5.74, 6) is -0.888. The van der Waals surface area contributed by atoms with E-state index < -0.39 is 11.8 Å². The van der Waals surface area contributed by atoms with Crippen molar-refractivity contribution in [1.29, 1.82) is 0 Å². The van der Waals surface area contributed by atoms with Gasteiger partial charge in [-0.25, -0.2) is 5.43 Å². The molecule has 2 rings (SSSR count). The Bertz CT molecular complexity index is 740. The highest BCUT2D eigenvalue weighted by Gasteiger charge is 2.12. The van der Waals surface area contributed by atoms with Crippen molar-refractivity contribution in [2.45, 2.75) is 13.3 Å². The van der Waals surface area contributed by atoms with Gasteiger partial charge in [-0.3, -0.25) is 9.59 Å². The Hall–Kier alpha value is -3.35. The van der Waals surface area contributed by atoms with Crippen LogP contribution in [0.3, 0.4) is 0 Å². The Balaban J connectivity index is 1.83. The molecule has 0 heterocycles. The maximum Gasteiger partial charge on any atom is 0.329 e. The molecule has 0 aliphatic heterocycles. The molecule has 0 unspecified atom stereocenters. The number of ether oxygens (including phenoxy) is 1. The summed E-state index contributed by atoms with van der Waals surface area (Å²) in [6, 6.07) is 12.9. The third kappa shape index (κ3) is 5.98. The van der Waals surface area contributed by atoms with Gasteiger partial charge in [-0.15, -0.1) is 0 Å². The second-order valence-corrected chi connectivity index (χ2v) is 5.12. The van der Waals surface area contributed by atoms with E-state index in [-0.39, 0.29) is 5.75 Å². The number of aromatic hydroxyl groups is 1. The number of nitrogens with zero attached hydrogens (tertiary/aromatic N) is 1. The van der Waals surface area contributed by atoms with Gasteiger partial charge in [0.05, 0.1) is 12.8 Å². The van der Waals surface area contributed by atoms with Crippen molar-refractivity contribution in [3.8, 4) is 11.5 Å². The fraction of sp³-hybridized carbons (Fsp3) is 0.167. The van der Waals surface area contributed by atoms with E-state index in [0.29, 0.717) is 23.6 Å². The van der Waals surface area contributed by atoms with Gasteiger partial charge in [0, 0.05) is 5.69 Å². The highest BCUT2D eigenvalue weighted by atomic mass is 16.5. The smallest absolute Gasteiger partial charge is 0.329 e. The molecule has 2 aromatic rings. The zero-order valence-electron chi connectivity index (χ0n) is 13.7. The molecule has 0 aliphatic rings. The summed E-state index contributed by atoms with van der Waals surface area (Å²) in [5, 5.41) is 15.3. The van der Waals surface area contributed by atoms with Gasteiger partial charge in [0.25, 0.3) is 0 Å². The lowest BCUT2D eigenvalue weighted by molar-refractivity contribution is -0.136. The third-order valence-corrected chi connectivity index (χ3v) is 3.06. The number of carbonyl (C=O) groups is 2. The lowest BCUT2D eigenvalue weighted by atomic mass is 10.2. The maximum atomic E-state index is 11.8. The van der Waals surface area contributed by atoms with Crippen LogP contribution >= 0.6 is 0 Å². The largest absolute Gasteiger partial charge is 0.508 e. The first-order chi connectivity index (χ1) is 12.1. The molecule has 7 heteroatoms. The Kier molecular flexibility index (Phi) is 6.53. The highest BCUT2D eigenvalue weighted by Crippen LogP contribution is 2.15. The average Bonchev–Trinajstić information content (AvgIpc) is 2.62. The minimum atomic E-state index is -0.888. The van der Waals surface area contributed by atoms with Gasteiger partial charge in [-0.1, -0.05) is 6.92 Å². The number of carbonyl (C=O) groups excluding carboxylic acids is 2. The lowest BCUT2D eigenvalue weighted by Gasteiger charge is -2.07. The molecule has 0 atom stereocenters. The second kappa shape index (κ2) is 9.07. The first-order valence-corrected chi connectivity index (χ1v) is 7.74. The van der Waals surface area contributed by atoms with E-state index in [9.17, 15) is 9.59 Å². The van der Waals surface area contributed by atoms with E-state index >= 15 is 0 Å². The van der Waals surface area contributed by atoms with E-state index in [1.54, 1.807) is 36.4 Å². The quantitative estimate of drug-likeness (QED) is 0.426. The van der Waals surface area contributed by atoms with Crippen molar-refractivity contribution in [2.75, 3.05) is 11.9 Å². The second-order valence-electron chi connectivity index (χ2n) is 5.12. The first-order valence-electron chi connectivity index (χ1n) is 7.74. The molecule has 0 radical (unpaired) electrons. The Morgan fingerprint density at radius 3 is 2.40 bits per heavy atom. The monoisotopic (exact) mass is 341 g/mol. The molecule has 0 spiro atoms. The Morgan fingerprint density at radius 2 is 1.76 bits per heavy atom. The molecule has 0 saturated carbocycles. The fourth-order valence-electron chi connectivity index (χ4n) is 1.82. The molecule has 0 aromatic heterocycles. The molecule has 0 aliphatic carbocycles. The molecule has 3 N–H and O–H groups in total. The number of hydrogen-bond acceptors (Lipinski definition) is 5. The standard InChI is InChI=1S/C18H19N3O4/c1-2-11-25-16-9-5-14(6-10-16)20-17(23)18(24)21-19-12-13-3-7-15(22)8-4-13/h3-10,12,22H,2,11H2,1H3,(H,20,23)(H,21,24)/b19-12+. The number of amides is 2. The number of benzene rings is 2. The highest BCUT2D eigenvalue weighted by molar-refractivity contribution is 6.39. The summed E-state index contributed by atoms with van der Waals surface area (Å²) in [5.41, 5.74) is 3.28. The van der Waals surface area contributed by atoms with E-state index in [1.165, 1.54) is 18.3 Å². The third-order valence-electron chi connectivity index (χ3n) is 3.06. The normalized spacial score (nSPS) is 10.4. The predicted octanol–water partition coefficient (Wildman–Crippen LogP) is 2.27. The van der Waals surface area contributed by atoms with Crippen LogP contribution in [0.15, 0.2) is 53.6 Å². The molecule has 130 valence electrons. The Morgan fingerprint density at radius 1 is 1.08 bits per heavy atom. The van der Waals surface area contributed by atoms with Gasteiger partial charge in [-0.05, 0) is 60.5 Å². The number of hydrogen-bond donors (Lipinski definition) is 3. The zero-order valence-corrected chi connectivity index (χ0v) is 13.7. The number of phenols is 1. The zero-order chi connectivity index (χ0) is 18.1. The molecule has 2 aromatic carbocycles. The van der Waals surface area contributed by atoms with Gasteiger partial charge >= 0.3 is 11.8 Å². The van der Waals surface area contributed by atoms with Crippen molar-refractivity contribution in [1.82, 2.24) is 5.43 Å². The minimum Gasteiger partial charge on any atom is -0.508 e. The van der Waals surface area contributed by atoms with Crippen LogP contribution in [0, 0.1) is 0 Å². The molecular formula is C18H19N3O4. The van der Waals surface area contributed by atoms with Gasteiger partial charge < -0.3 is 15.2 Å². The van der Waals surface area contributed by atoms with E-state index in [1.807, 2.05) is 6.92 Å². The summed E-state index contributed by atoms with van der Waals surface area (Å²) < 4.78 is 5.44. The summed E-state index contributed by atoms with van der Waals surface area (Å²) in [6.45, 7) is 2.63. The van der Waals surface area contributed by atoms with Crippen LogP contribution in [0.25, 0.3) is 0 Å². The van der Waals surface area contributed by atoms with Crippen molar-refractivity contribution in [3.05, 3.63) is 54.1 Å². The van der Waals surface area contributed by atoms with Crippen LogP contribution < -0.4 is 15.5 Å². The topological polar surface area (TPSA) is 100 Å². The van der Waals surface area contributed by atoms with E-state index in [4.69, 9.17) is 9.84 Å². The average molecular weight is 341 g/mol. The van der Waals surface area contributed by atoms with Crippen molar-refractivity contribution >= 4 is 23.7 Å². The van der Waals surface area contributed by atoms with E-state index in [0.717, 1.165) is 6.42 Å². The van der Waals surface area contributed by atoms with Crippen LogP contribution in [-0.2, 0) is 9.59 Å².